The molecule has 3 aliphatic rings. The normalized spacial score (nSPS) is 26.2. The van der Waals surface area contributed by atoms with Gasteiger partial charge in [0.1, 0.15) is 5.82 Å². The average Bonchev–Trinajstić information content (AvgIpc) is 3.37. The first-order valence-corrected chi connectivity index (χ1v) is 8.66. The van der Waals surface area contributed by atoms with E-state index in [4.69, 9.17) is 0 Å². The molecule has 0 aromatic heterocycles. The van der Waals surface area contributed by atoms with Crippen LogP contribution in [0.1, 0.15) is 43.0 Å². The summed E-state index contributed by atoms with van der Waals surface area (Å²) in [7, 11) is 0. The molecule has 128 valence electrons. The lowest BCUT2D eigenvalue weighted by Gasteiger charge is -2.45. The van der Waals surface area contributed by atoms with Gasteiger partial charge in [0.05, 0.1) is 11.7 Å². The zero-order valence-electron chi connectivity index (χ0n) is 13.8. The number of rotatable bonds is 2. The van der Waals surface area contributed by atoms with Crippen molar-refractivity contribution in [1.29, 1.82) is 0 Å². The maximum Gasteiger partial charge on any atom is 0.253 e. The number of amides is 2. The van der Waals surface area contributed by atoms with E-state index in [0.29, 0.717) is 24.7 Å². The van der Waals surface area contributed by atoms with Crippen LogP contribution in [-0.2, 0) is 4.79 Å². The number of likely N-dealkylation sites (tertiary alicyclic amines) is 1. The Kier molecular flexibility index (Phi) is 3.60. The van der Waals surface area contributed by atoms with Gasteiger partial charge in [-0.3, -0.25) is 14.9 Å². The van der Waals surface area contributed by atoms with Gasteiger partial charge in [-0.2, -0.15) is 0 Å². The topological polar surface area (TPSA) is 52.7 Å². The van der Waals surface area contributed by atoms with Crippen LogP contribution in [0, 0.1) is 5.82 Å². The number of benzene rings is 1. The summed E-state index contributed by atoms with van der Waals surface area (Å²) in [6.45, 7) is 3.13. The first-order chi connectivity index (χ1) is 11.5. The molecule has 24 heavy (non-hydrogen) atoms. The first kappa shape index (κ1) is 15.6. The summed E-state index contributed by atoms with van der Waals surface area (Å²) >= 11 is 0. The number of nitrogens with one attached hydrogen (secondary N) is 1. The maximum absolute atomic E-state index is 13.0. The molecule has 1 saturated carbocycles. The zero-order valence-corrected chi connectivity index (χ0v) is 13.8. The fourth-order valence-corrected chi connectivity index (χ4v) is 4.06. The minimum Gasteiger partial charge on any atom is -0.338 e. The fraction of sp³-hybridized carbons (Fsp3) is 0.556. The predicted molar refractivity (Wildman–Crippen MR) is 86.7 cm³/mol. The molecule has 1 atom stereocenters. The lowest BCUT2D eigenvalue weighted by Crippen LogP contribution is -2.60. The lowest BCUT2D eigenvalue weighted by atomic mass is 9.95. The van der Waals surface area contributed by atoms with Crippen molar-refractivity contribution in [3.8, 4) is 0 Å². The van der Waals surface area contributed by atoms with E-state index in [1.165, 1.54) is 24.3 Å². The van der Waals surface area contributed by atoms with E-state index >= 15 is 0 Å². The molecule has 3 fully saturated rings. The van der Waals surface area contributed by atoms with Crippen LogP contribution < -0.4 is 5.32 Å². The van der Waals surface area contributed by atoms with Gasteiger partial charge in [-0.05, 0) is 44.0 Å². The quantitative estimate of drug-likeness (QED) is 0.898. The van der Waals surface area contributed by atoms with Crippen LogP contribution >= 0.6 is 0 Å². The van der Waals surface area contributed by atoms with Crippen molar-refractivity contribution in [3.63, 3.8) is 0 Å². The fourth-order valence-electron chi connectivity index (χ4n) is 4.06. The summed E-state index contributed by atoms with van der Waals surface area (Å²) in [5.74, 6) is -0.220. The minimum atomic E-state index is -0.341. The highest BCUT2D eigenvalue weighted by Crippen LogP contribution is 2.41. The Morgan fingerprint density at radius 3 is 2.42 bits per heavy atom. The van der Waals surface area contributed by atoms with Gasteiger partial charge in [0.2, 0.25) is 5.91 Å². The molecule has 1 spiro atoms. The van der Waals surface area contributed by atoms with Crippen molar-refractivity contribution in [1.82, 2.24) is 15.1 Å². The summed E-state index contributed by atoms with van der Waals surface area (Å²) in [5, 5.41) is 3.49. The molecule has 2 saturated heterocycles. The van der Waals surface area contributed by atoms with Crippen molar-refractivity contribution in [2.45, 2.75) is 50.4 Å². The largest absolute Gasteiger partial charge is 0.338 e. The van der Waals surface area contributed by atoms with E-state index in [1.54, 1.807) is 4.90 Å². The van der Waals surface area contributed by atoms with Crippen LogP contribution in [0.15, 0.2) is 24.3 Å². The van der Waals surface area contributed by atoms with E-state index in [-0.39, 0.29) is 29.3 Å². The third-order valence-electron chi connectivity index (χ3n) is 5.44. The highest BCUT2D eigenvalue weighted by Gasteiger charge is 2.54. The molecule has 0 radical (unpaired) electrons. The van der Waals surface area contributed by atoms with Gasteiger partial charge in [-0.15, -0.1) is 0 Å². The standard InChI is InChI=1S/C18H22FN3O2/c1-12-16(23)22(15-6-7-15)18(20-12)8-10-21(11-9-18)17(24)13-2-4-14(19)5-3-13/h2-5,12,15,20H,6-11H2,1H3. The summed E-state index contributed by atoms with van der Waals surface area (Å²) < 4.78 is 13.0. The van der Waals surface area contributed by atoms with Crippen molar-refractivity contribution in [2.75, 3.05) is 13.1 Å². The van der Waals surface area contributed by atoms with Gasteiger partial charge in [-0.25, -0.2) is 4.39 Å². The van der Waals surface area contributed by atoms with Crippen LogP contribution in [0.2, 0.25) is 0 Å². The molecule has 2 amide bonds. The Balaban J connectivity index is 1.47. The summed E-state index contributed by atoms with van der Waals surface area (Å²) in [4.78, 5) is 28.9. The number of hydrogen-bond acceptors (Lipinski definition) is 3. The Morgan fingerprint density at radius 2 is 1.83 bits per heavy atom. The van der Waals surface area contributed by atoms with Crippen molar-refractivity contribution < 1.29 is 14.0 Å². The SMILES string of the molecule is CC1NC2(CCN(C(=O)c3ccc(F)cc3)CC2)N(C2CC2)C1=O. The molecular formula is C18H22FN3O2. The van der Waals surface area contributed by atoms with Crippen LogP contribution in [0.4, 0.5) is 4.39 Å². The highest BCUT2D eigenvalue weighted by atomic mass is 19.1. The first-order valence-electron chi connectivity index (χ1n) is 8.66. The molecule has 0 bridgehead atoms. The molecular weight excluding hydrogens is 309 g/mol. The third kappa shape index (κ3) is 2.49. The second-order valence-corrected chi connectivity index (χ2v) is 7.14. The van der Waals surface area contributed by atoms with Gasteiger partial charge in [0.25, 0.3) is 5.91 Å². The molecule has 1 aromatic rings. The second-order valence-electron chi connectivity index (χ2n) is 7.14. The zero-order chi connectivity index (χ0) is 16.9. The van der Waals surface area contributed by atoms with Gasteiger partial charge in [0.15, 0.2) is 0 Å². The lowest BCUT2D eigenvalue weighted by molar-refractivity contribution is -0.133. The molecule has 1 N–H and O–H groups in total. The number of nitrogens with zero attached hydrogens (tertiary/aromatic N) is 2. The highest BCUT2D eigenvalue weighted by molar-refractivity contribution is 5.94. The Bertz CT molecular complexity index is 663. The van der Waals surface area contributed by atoms with Crippen molar-refractivity contribution in [3.05, 3.63) is 35.6 Å². The molecule has 6 heteroatoms. The van der Waals surface area contributed by atoms with Crippen molar-refractivity contribution >= 4 is 11.8 Å². The Morgan fingerprint density at radius 1 is 1.21 bits per heavy atom. The Labute approximate surface area is 140 Å². The van der Waals surface area contributed by atoms with Crippen molar-refractivity contribution in [2.24, 2.45) is 0 Å². The van der Waals surface area contributed by atoms with Crippen LogP contribution in [-0.4, -0.2) is 52.5 Å². The third-order valence-corrected chi connectivity index (χ3v) is 5.44. The number of hydrogen-bond donors (Lipinski definition) is 1. The van der Waals surface area contributed by atoms with Crippen LogP contribution in [0.3, 0.4) is 0 Å². The summed E-state index contributed by atoms with van der Waals surface area (Å²) in [6, 6.07) is 5.90. The second kappa shape index (κ2) is 5.55. The van der Waals surface area contributed by atoms with E-state index in [9.17, 15) is 14.0 Å². The molecule has 5 nitrogen and oxygen atoms in total. The van der Waals surface area contributed by atoms with E-state index in [2.05, 4.69) is 10.2 Å². The molecule has 1 aliphatic carbocycles. The Hall–Kier alpha value is -1.95. The number of carbonyl (C=O) groups excluding carboxylic acids is 2. The molecule has 2 aliphatic heterocycles. The minimum absolute atomic E-state index is 0.0693. The molecule has 2 heterocycles. The number of halogens is 1. The smallest absolute Gasteiger partial charge is 0.253 e. The van der Waals surface area contributed by atoms with Crippen LogP contribution in [0.5, 0.6) is 0 Å². The number of piperidine rings is 1. The molecule has 1 unspecified atom stereocenters. The summed E-state index contributed by atoms with van der Waals surface area (Å²) in [5.41, 5.74) is 0.215. The van der Waals surface area contributed by atoms with Gasteiger partial charge < -0.3 is 9.80 Å². The van der Waals surface area contributed by atoms with Gasteiger partial charge >= 0.3 is 0 Å². The average molecular weight is 331 g/mol. The molecule has 4 rings (SSSR count). The predicted octanol–water partition coefficient (Wildman–Crippen LogP) is 1.74. The summed E-state index contributed by atoms with van der Waals surface area (Å²) in [6.07, 6.45) is 3.65. The monoisotopic (exact) mass is 331 g/mol. The maximum atomic E-state index is 13.0. The van der Waals surface area contributed by atoms with E-state index < -0.39 is 0 Å². The molecule has 1 aromatic carbocycles. The number of carbonyl (C=O) groups is 2. The van der Waals surface area contributed by atoms with E-state index in [1.807, 2.05) is 6.92 Å². The van der Waals surface area contributed by atoms with E-state index in [0.717, 1.165) is 25.7 Å². The van der Waals surface area contributed by atoms with Gasteiger partial charge in [-0.1, -0.05) is 0 Å². The van der Waals surface area contributed by atoms with Crippen LogP contribution in [0.25, 0.3) is 0 Å². The van der Waals surface area contributed by atoms with Gasteiger partial charge in [0, 0.05) is 37.5 Å².